The molecule has 2 aromatic carbocycles. The summed E-state index contributed by atoms with van der Waals surface area (Å²) in [6, 6.07) is 7.97. The van der Waals surface area contributed by atoms with Gasteiger partial charge in [-0.05, 0) is 76.5 Å². The van der Waals surface area contributed by atoms with Gasteiger partial charge in [0.05, 0.1) is 26.5 Å². The van der Waals surface area contributed by atoms with Gasteiger partial charge in [-0.3, -0.25) is 9.69 Å². The van der Waals surface area contributed by atoms with Crippen molar-refractivity contribution in [1.29, 1.82) is 5.26 Å². The summed E-state index contributed by atoms with van der Waals surface area (Å²) in [7, 11) is 3.88. The van der Waals surface area contributed by atoms with Crippen molar-refractivity contribution in [1.82, 2.24) is 29.5 Å². The van der Waals surface area contributed by atoms with Gasteiger partial charge in [-0.25, -0.2) is 17.9 Å². The van der Waals surface area contributed by atoms with Crippen molar-refractivity contribution in [2.24, 2.45) is 5.92 Å². The van der Waals surface area contributed by atoms with Gasteiger partial charge in [-0.1, -0.05) is 17.7 Å². The van der Waals surface area contributed by atoms with Crippen LogP contribution in [0.15, 0.2) is 30.5 Å². The zero-order valence-electron chi connectivity index (χ0n) is 29.9. The third-order valence-corrected chi connectivity index (χ3v) is 12.3. The highest BCUT2D eigenvalue weighted by Gasteiger charge is 2.49. The molecule has 3 aliphatic heterocycles. The molecule has 0 aliphatic carbocycles. The SMILES string of the molecule is CN(C)Cc1ccn(C(=O)C2CCCN(c3nc(OC[C@@]45CCCN4C[C@H](F)C5)nc4c(F)c(-c5ccc(F)c6sc(N)c(C#N)c56)c(Cl)cc34)CC2)n1. The van der Waals surface area contributed by atoms with E-state index in [0.29, 0.717) is 63.1 Å². The van der Waals surface area contributed by atoms with Crippen LogP contribution in [-0.4, -0.2) is 94.0 Å². The van der Waals surface area contributed by atoms with Crippen LogP contribution in [0.1, 0.15) is 54.6 Å². The predicted molar refractivity (Wildman–Crippen MR) is 203 cm³/mol. The number of alkyl halides is 1. The number of carbonyl (C=O) groups is 1. The van der Waals surface area contributed by atoms with Crippen LogP contribution in [0.4, 0.5) is 24.0 Å². The van der Waals surface area contributed by atoms with Crippen LogP contribution in [0.25, 0.3) is 32.1 Å². The van der Waals surface area contributed by atoms with E-state index in [0.717, 1.165) is 36.4 Å². The minimum absolute atomic E-state index is 0.00982. The van der Waals surface area contributed by atoms with Crippen molar-refractivity contribution in [3.63, 3.8) is 0 Å². The van der Waals surface area contributed by atoms with Crippen molar-refractivity contribution in [2.45, 2.75) is 56.8 Å². The first kappa shape index (κ1) is 36.5. The zero-order valence-corrected chi connectivity index (χ0v) is 31.5. The maximum atomic E-state index is 17.2. The molecule has 1 unspecified atom stereocenters. The number of fused-ring (bicyclic) bond motifs is 3. The first-order valence-corrected chi connectivity index (χ1v) is 19.3. The van der Waals surface area contributed by atoms with Crippen LogP contribution in [0.5, 0.6) is 6.01 Å². The van der Waals surface area contributed by atoms with Gasteiger partial charge in [0.25, 0.3) is 0 Å². The molecule has 0 spiro atoms. The zero-order chi connectivity index (χ0) is 37.9. The molecule has 6 heterocycles. The molecule has 54 heavy (non-hydrogen) atoms. The van der Waals surface area contributed by atoms with E-state index in [2.05, 4.69) is 15.0 Å². The first-order valence-electron chi connectivity index (χ1n) is 18.1. The van der Waals surface area contributed by atoms with Crippen LogP contribution in [0.2, 0.25) is 5.02 Å². The molecule has 0 radical (unpaired) electrons. The topological polar surface area (TPSA) is 129 Å². The number of ether oxygens (including phenoxy) is 1. The number of carbonyl (C=O) groups excluding carboxylic acids is 1. The number of nitrogens with zero attached hydrogens (tertiary/aromatic N) is 8. The summed E-state index contributed by atoms with van der Waals surface area (Å²) in [6.07, 6.45) is 4.53. The molecule has 0 amide bonds. The molecule has 2 N–H and O–H groups in total. The highest BCUT2D eigenvalue weighted by Crippen LogP contribution is 2.46. The number of anilines is 2. The molecule has 3 aliphatic rings. The summed E-state index contributed by atoms with van der Waals surface area (Å²) in [4.78, 5) is 29.1. The van der Waals surface area contributed by atoms with Crippen molar-refractivity contribution in [3.8, 4) is 23.2 Å². The van der Waals surface area contributed by atoms with Gasteiger partial charge in [-0.2, -0.15) is 20.3 Å². The molecule has 5 aromatic rings. The third kappa shape index (κ3) is 6.42. The van der Waals surface area contributed by atoms with Gasteiger partial charge in [-0.15, -0.1) is 11.3 Å². The summed E-state index contributed by atoms with van der Waals surface area (Å²) in [5, 5.41) is 15.0. The highest BCUT2D eigenvalue weighted by molar-refractivity contribution is 7.23. The lowest BCUT2D eigenvalue weighted by atomic mass is 9.95. The summed E-state index contributed by atoms with van der Waals surface area (Å²) in [5.74, 6) is -1.38. The lowest BCUT2D eigenvalue weighted by molar-refractivity contribution is 0.0805. The molecule has 3 saturated heterocycles. The number of nitrogens with two attached hydrogens (primary N) is 1. The van der Waals surface area contributed by atoms with E-state index in [1.165, 1.54) is 16.8 Å². The fourth-order valence-corrected chi connectivity index (χ4v) is 9.75. The number of nitriles is 1. The minimum Gasteiger partial charge on any atom is -0.461 e. The molecule has 11 nitrogen and oxygen atoms in total. The van der Waals surface area contributed by atoms with Crippen LogP contribution >= 0.6 is 22.9 Å². The molecule has 3 atom stereocenters. The average Bonchev–Trinajstić information content (AvgIpc) is 3.86. The number of nitrogen functional groups attached to an aromatic ring is 1. The quantitative estimate of drug-likeness (QED) is 0.175. The molecular formula is C38H39ClF3N9O2S. The van der Waals surface area contributed by atoms with Gasteiger partial charge < -0.3 is 20.3 Å². The van der Waals surface area contributed by atoms with Crippen LogP contribution in [-0.2, 0) is 6.54 Å². The van der Waals surface area contributed by atoms with E-state index >= 15 is 4.39 Å². The molecule has 0 saturated carbocycles. The smallest absolute Gasteiger partial charge is 0.319 e. The van der Waals surface area contributed by atoms with Crippen LogP contribution in [0.3, 0.4) is 0 Å². The molecule has 16 heteroatoms. The van der Waals surface area contributed by atoms with E-state index in [1.54, 1.807) is 12.3 Å². The second-order valence-electron chi connectivity index (χ2n) is 14.8. The van der Waals surface area contributed by atoms with E-state index in [-0.39, 0.29) is 66.8 Å². The Labute approximate surface area is 319 Å². The van der Waals surface area contributed by atoms with Gasteiger partial charge in [0.15, 0.2) is 5.82 Å². The molecule has 3 fully saturated rings. The van der Waals surface area contributed by atoms with E-state index in [1.807, 2.05) is 36.0 Å². The largest absolute Gasteiger partial charge is 0.461 e. The number of thiophene rings is 1. The lowest BCUT2D eigenvalue weighted by Gasteiger charge is -2.31. The molecule has 0 bridgehead atoms. The number of hydrogen-bond acceptors (Lipinski definition) is 11. The van der Waals surface area contributed by atoms with Gasteiger partial charge >= 0.3 is 6.01 Å². The van der Waals surface area contributed by atoms with Crippen LogP contribution in [0, 0.1) is 28.9 Å². The van der Waals surface area contributed by atoms with Gasteiger partial charge in [0.1, 0.15) is 41.0 Å². The Morgan fingerprint density at radius 2 is 2.02 bits per heavy atom. The Bertz CT molecular complexity index is 2330. The molecule has 3 aromatic heterocycles. The van der Waals surface area contributed by atoms with Crippen molar-refractivity contribution in [2.75, 3.05) is 57.5 Å². The number of benzene rings is 2. The van der Waals surface area contributed by atoms with Gasteiger partial charge in [0, 0.05) is 61.1 Å². The summed E-state index contributed by atoms with van der Waals surface area (Å²) >= 11 is 7.82. The number of aromatic nitrogens is 4. The summed E-state index contributed by atoms with van der Waals surface area (Å²) in [5.41, 5.74) is 6.49. The summed E-state index contributed by atoms with van der Waals surface area (Å²) < 4.78 is 54.6. The van der Waals surface area contributed by atoms with Crippen molar-refractivity contribution in [3.05, 3.63) is 58.4 Å². The minimum atomic E-state index is -0.963. The van der Waals surface area contributed by atoms with E-state index < -0.39 is 23.3 Å². The standard InChI is InChI=1S/C38H39ClF3N9O2S/c1-48(2)19-23-9-14-51(47-23)36(52)21-5-3-11-49(13-8-21)35-25-15-27(39)30(24-6-7-28(41)33-29(24)26(17-43)34(44)54-33)31(42)32(25)45-37(46-35)53-20-38-10-4-12-50(38)18-22(40)16-38/h6-7,9,14-15,21-22H,3-5,8,10-13,16,18-20,44H2,1-2H3/t21?,22-,38+/m1/s1. The Hall–Kier alpha value is -4.49. The second-order valence-corrected chi connectivity index (χ2v) is 16.3. The fourth-order valence-electron chi connectivity index (χ4n) is 8.50. The molecule has 8 rings (SSSR count). The van der Waals surface area contributed by atoms with E-state index in [9.17, 15) is 18.8 Å². The van der Waals surface area contributed by atoms with Gasteiger partial charge in [0.2, 0.25) is 5.91 Å². The number of rotatable bonds is 8. The Morgan fingerprint density at radius 1 is 1.19 bits per heavy atom. The monoisotopic (exact) mass is 777 g/mol. The molecular weight excluding hydrogens is 739 g/mol. The predicted octanol–water partition coefficient (Wildman–Crippen LogP) is 7.06. The molecule has 282 valence electrons. The first-order chi connectivity index (χ1) is 26.0. The number of halogens is 4. The maximum Gasteiger partial charge on any atom is 0.319 e. The Kier molecular flexibility index (Phi) is 9.66. The number of hydrogen-bond donors (Lipinski definition) is 1. The van der Waals surface area contributed by atoms with E-state index in [4.69, 9.17) is 27.1 Å². The Morgan fingerprint density at radius 3 is 2.81 bits per heavy atom. The summed E-state index contributed by atoms with van der Waals surface area (Å²) in [6.45, 7) is 2.81. The normalized spacial score (nSPS) is 21.9. The Balaban J connectivity index is 1.19. The fraction of sp³-hybridized carbons (Fsp3) is 0.447. The third-order valence-electron chi connectivity index (χ3n) is 11.0. The maximum absolute atomic E-state index is 17.2. The van der Waals surface area contributed by atoms with Crippen molar-refractivity contribution >= 4 is 60.7 Å². The highest BCUT2D eigenvalue weighted by atomic mass is 35.5. The van der Waals surface area contributed by atoms with Crippen LogP contribution < -0.4 is 15.4 Å². The van der Waals surface area contributed by atoms with Crippen molar-refractivity contribution < 1.29 is 22.7 Å². The average molecular weight is 778 g/mol. The second kappa shape index (κ2) is 14.3. The lowest BCUT2D eigenvalue weighted by Crippen LogP contribution is -2.43.